The first kappa shape index (κ1) is 28.7. The molecule has 50 heavy (non-hydrogen) atoms. The number of para-hydroxylation sites is 3. The smallest absolute Gasteiger partial charge is 0.194 e. The van der Waals surface area contributed by atoms with Crippen LogP contribution in [0.15, 0.2) is 146 Å². The Balaban J connectivity index is 1.38. The van der Waals surface area contributed by atoms with Gasteiger partial charge in [-0.2, -0.15) is 10.5 Å². The lowest BCUT2D eigenvalue weighted by atomic mass is 9.98. The van der Waals surface area contributed by atoms with Crippen LogP contribution < -0.4 is 0 Å². The highest BCUT2D eigenvalue weighted by Crippen LogP contribution is 2.38. The molecule has 0 saturated carbocycles. The Kier molecular flexibility index (Phi) is 6.53. The molecule has 0 bridgehead atoms. The van der Waals surface area contributed by atoms with E-state index in [1.807, 2.05) is 84.9 Å². The fourth-order valence-corrected chi connectivity index (χ4v) is 7.16. The Morgan fingerprint density at radius 2 is 1.00 bits per heavy atom. The highest BCUT2D eigenvalue weighted by Gasteiger charge is 2.19. The van der Waals surface area contributed by atoms with Gasteiger partial charge in [0.2, 0.25) is 0 Å². The van der Waals surface area contributed by atoms with Crippen LogP contribution in [0.1, 0.15) is 11.1 Å². The molecule has 0 amide bonds. The first-order valence-electron chi connectivity index (χ1n) is 16.1. The minimum Gasteiger partial charge on any atom is -0.294 e. The van der Waals surface area contributed by atoms with Crippen molar-refractivity contribution in [3.05, 3.63) is 168 Å². The Bertz CT molecular complexity index is 2850. The summed E-state index contributed by atoms with van der Waals surface area (Å²) in [7, 11) is 0. The van der Waals surface area contributed by atoms with Crippen molar-refractivity contribution in [3.8, 4) is 46.0 Å². The summed E-state index contributed by atoms with van der Waals surface area (Å²) in [5, 5.41) is 23.6. The summed E-state index contributed by atoms with van der Waals surface area (Å²) in [4.78, 5) is 9.17. The van der Waals surface area contributed by atoms with Gasteiger partial charge in [-0.3, -0.25) is 9.13 Å². The Labute approximate surface area is 287 Å². The topological polar surface area (TPSA) is 74.7 Å². The van der Waals surface area contributed by atoms with Gasteiger partial charge in [-0.1, -0.05) is 78.9 Å². The maximum Gasteiger partial charge on any atom is 0.194 e. The summed E-state index contributed by atoms with van der Waals surface area (Å²) in [6.07, 6.45) is 0. The molecule has 0 aliphatic carbocycles. The highest BCUT2D eigenvalue weighted by atomic mass is 15.1. The van der Waals surface area contributed by atoms with Gasteiger partial charge in [0, 0.05) is 21.5 Å². The van der Waals surface area contributed by atoms with Crippen molar-refractivity contribution in [3.63, 3.8) is 0 Å². The molecular weight excluding hydrogens is 613 g/mol. The van der Waals surface area contributed by atoms with Crippen LogP contribution in [0.25, 0.3) is 82.3 Å². The molecule has 6 nitrogen and oxygen atoms in total. The Morgan fingerprint density at radius 1 is 0.480 bits per heavy atom. The summed E-state index contributed by atoms with van der Waals surface area (Å²) >= 11 is 0. The molecule has 0 fully saturated rings. The van der Waals surface area contributed by atoms with Crippen LogP contribution >= 0.6 is 0 Å². The van der Waals surface area contributed by atoms with E-state index in [-0.39, 0.29) is 0 Å². The van der Waals surface area contributed by atoms with Crippen molar-refractivity contribution in [1.29, 1.82) is 10.5 Å². The first-order chi connectivity index (χ1) is 24.6. The van der Waals surface area contributed by atoms with Crippen molar-refractivity contribution >= 4 is 49.3 Å². The molecular formula is C44H24N6. The molecule has 0 N–H and O–H groups in total. The van der Waals surface area contributed by atoms with E-state index in [4.69, 9.17) is 11.6 Å². The molecule has 0 aliphatic heterocycles. The molecule has 9 aromatic rings. The van der Waals surface area contributed by atoms with E-state index in [9.17, 15) is 10.5 Å². The fourth-order valence-electron chi connectivity index (χ4n) is 7.16. The van der Waals surface area contributed by atoms with E-state index >= 15 is 0 Å². The summed E-state index contributed by atoms with van der Waals surface area (Å²) in [5.74, 6) is 1.44. The largest absolute Gasteiger partial charge is 0.294 e. The zero-order valence-corrected chi connectivity index (χ0v) is 26.5. The summed E-state index contributed by atoms with van der Waals surface area (Å²) in [5.41, 5.74) is 9.31. The second-order valence-electron chi connectivity index (χ2n) is 12.2. The van der Waals surface area contributed by atoms with Crippen molar-refractivity contribution in [1.82, 2.24) is 14.1 Å². The van der Waals surface area contributed by atoms with Crippen molar-refractivity contribution in [2.24, 2.45) is 0 Å². The molecule has 6 heteroatoms. The molecule has 0 saturated heterocycles. The minimum atomic E-state index is 0.545. The quantitative estimate of drug-likeness (QED) is 0.180. The lowest BCUT2D eigenvalue weighted by molar-refractivity contribution is 1.01. The minimum absolute atomic E-state index is 0.545. The van der Waals surface area contributed by atoms with E-state index in [2.05, 4.69) is 86.8 Å². The third-order valence-corrected chi connectivity index (χ3v) is 9.39. The maximum absolute atomic E-state index is 9.77. The summed E-state index contributed by atoms with van der Waals surface area (Å²) in [6, 6.07) is 52.8. The predicted octanol–water partition coefficient (Wildman–Crippen LogP) is 10.9. The van der Waals surface area contributed by atoms with Crippen LogP contribution in [0.3, 0.4) is 0 Å². The lowest BCUT2D eigenvalue weighted by Gasteiger charge is -2.15. The van der Waals surface area contributed by atoms with Gasteiger partial charge in [-0.15, -0.1) is 0 Å². The van der Waals surface area contributed by atoms with E-state index in [0.29, 0.717) is 22.6 Å². The number of hydrogen-bond donors (Lipinski definition) is 0. The monoisotopic (exact) mass is 636 g/mol. The van der Waals surface area contributed by atoms with Crippen molar-refractivity contribution in [2.75, 3.05) is 0 Å². The average Bonchev–Trinajstić information content (AvgIpc) is 3.70. The number of hydrogen-bond acceptors (Lipinski definition) is 3. The highest BCUT2D eigenvalue weighted by molar-refractivity contribution is 6.11. The summed E-state index contributed by atoms with van der Waals surface area (Å²) in [6.45, 7) is 7.76. The van der Waals surface area contributed by atoms with Crippen LogP contribution in [0.5, 0.6) is 0 Å². The average molecular weight is 637 g/mol. The van der Waals surface area contributed by atoms with Crippen LogP contribution in [0.4, 0.5) is 5.69 Å². The number of fused-ring (bicyclic) bond motifs is 6. The number of benzene rings is 6. The van der Waals surface area contributed by atoms with Gasteiger partial charge < -0.3 is 0 Å². The second kappa shape index (κ2) is 11.4. The normalized spacial score (nSPS) is 11.1. The third kappa shape index (κ3) is 4.44. The molecule has 0 radical (unpaired) electrons. The standard InChI is InChI=1S/C44H24N6/c1-47-38-14-5-2-11-33(38)31-10-8-9-30(23-31)32-24-43(49-39-15-6-3-12-34(39)35-13-4-7-16-40(35)49)48-44(25-32)50-41-19-17-28(26-45)21-36(41)37-22-29(27-46)18-20-42(37)50/h2-25H. The number of aromatic nitrogens is 3. The van der Waals surface area contributed by atoms with Crippen LogP contribution in [0, 0.1) is 29.2 Å². The van der Waals surface area contributed by atoms with Crippen molar-refractivity contribution in [2.45, 2.75) is 0 Å². The number of nitrogens with zero attached hydrogens (tertiary/aromatic N) is 6. The van der Waals surface area contributed by atoms with E-state index in [1.54, 1.807) is 0 Å². The van der Waals surface area contributed by atoms with Gasteiger partial charge >= 0.3 is 0 Å². The molecule has 3 heterocycles. The predicted molar refractivity (Wildman–Crippen MR) is 199 cm³/mol. The molecule has 0 unspecified atom stereocenters. The van der Waals surface area contributed by atoms with Gasteiger partial charge in [0.05, 0.1) is 51.9 Å². The van der Waals surface area contributed by atoms with Crippen molar-refractivity contribution < 1.29 is 0 Å². The molecule has 0 spiro atoms. The van der Waals surface area contributed by atoms with Gasteiger partial charge in [-0.05, 0) is 89.0 Å². The van der Waals surface area contributed by atoms with E-state index < -0.39 is 0 Å². The second-order valence-corrected chi connectivity index (χ2v) is 12.2. The van der Waals surface area contributed by atoms with E-state index in [0.717, 1.165) is 71.7 Å². The lowest BCUT2D eigenvalue weighted by Crippen LogP contribution is -2.04. The zero-order chi connectivity index (χ0) is 33.8. The van der Waals surface area contributed by atoms with Gasteiger partial charge in [-0.25, -0.2) is 9.83 Å². The van der Waals surface area contributed by atoms with Crippen LogP contribution in [-0.4, -0.2) is 14.1 Å². The van der Waals surface area contributed by atoms with Gasteiger partial charge in [0.1, 0.15) is 11.6 Å². The number of rotatable bonds is 4. The molecule has 9 rings (SSSR count). The number of nitriles is 2. The fraction of sp³-hybridized carbons (Fsp3) is 0. The maximum atomic E-state index is 9.77. The molecule has 3 aromatic heterocycles. The molecule has 0 atom stereocenters. The third-order valence-electron chi connectivity index (χ3n) is 9.39. The van der Waals surface area contributed by atoms with Crippen LogP contribution in [-0.2, 0) is 0 Å². The first-order valence-corrected chi connectivity index (χ1v) is 16.1. The molecule has 230 valence electrons. The van der Waals surface area contributed by atoms with E-state index in [1.165, 1.54) is 0 Å². The Morgan fingerprint density at radius 3 is 1.58 bits per heavy atom. The Hall–Kier alpha value is -7.46. The zero-order valence-electron chi connectivity index (χ0n) is 26.5. The molecule has 6 aromatic carbocycles. The molecule has 0 aliphatic rings. The van der Waals surface area contributed by atoms with Gasteiger partial charge in [0.15, 0.2) is 5.69 Å². The SMILES string of the molecule is [C-]#[N+]c1ccccc1-c1cccc(-c2cc(-n3c4ccccc4c4ccccc43)nc(-n3c4ccc(C#N)cc4c4cc(C#N)ccc43)c2)c1. The van der Waals surface area contributed by atoms with Crippen LogP contribution in [0.2, 0.25) is 0 Å². The van der Waals surface area contributed by atoms with Gasteiger partial charge in [0.25, 0.3) is 0 Å². The summed E-state index contributed by atoms with van der Waals surface area (Å²) < 4.78 is 4.33. The number of pyridine rings is 1.